The molecule has 0 amide bonds. The van der Waals surface area contributed by atoms with Crippen molar-refractivity contribution in [3.05, 3.63) is 46.8 Å². The van der Waals surface area contributed by atoms with Crippen molar-refractivity contribution >= 4 is 5.69 Å². The van der Waals surface area contributed by atoms with Crippen LogP contribution in [0.2, 0.25) is 0 Å². The van der Waals surface area contributed by atoms with Crippen LogP contribution in [-0.4, -0.2) is 9.78 Å². The number of rotatable bonds is 3. The van der Waals surface area contributed by atoms with Crippen molar-refractivity contribution in [3.63, 3.8) is 0 Å². The van der Waals surface area contributed by atoms with Gasteiger partial charge in [0.2, 0.25) is 0 Å². The SMILES string of the molecule is CCc1nn(C)cc1NC1CCc2ccc(C)cc21. The summed E-state index contributed by atoms with van der Waals surface area (Å²) in [6.45, 7) is 4.32. The molecule has 0 bridgehead atoms. The van der Waals surface area contributed by atoms with Gasteiger partial charge in [0, 0.05) is 13.2 Å². The van der Waals surface area contributed by atoms with Gasteiger partial charge < -0.3 is 5.32 Å². The fraction of sp³-hybridized carbons (Fsp3) is 0.438. The summed E-state index contributed by atoms with van der Waals surface area (Å²) in [5.74, 6) is 0. The fourth-order valence-corrected chi connectivity index (χ4v) is 2.98. The highest BCUT2D eigenvalue weighted by atomic mass is 15.3. The van der Waals surface area contributed by atoms with Crippen LogP contribution in [0.15, 0.2) is 24.4 Å². The molecule has 0 saturated carbocycles. The topological polar surface area (TPSA) is 29.9 Å². The van der Waals surface area contributed by atoms with Gasteiger partial charge in [-0.2, -0.15) is 5.10 Å². The molecule has 3 heteroatoms. The molecule has 3 rings (SSSR count). The lowest BCUT2D eigenvalue weighted by molar-refractivity contribution is 0.746. The number of fused-ring (bicyclic) bond motifs is 1. The predicted molar refractivity (Wildman–Crippen MR) is 78.4 cm³/mol. The van der Waals surface area contributed by atoms with Crippen LogP contribution in [0.1, 0.15) is 41.8 Å². The minimum absolute atomic E-state index is 0.435. The molecule has 1 aliphatic rings. The summed E-state index contributed by atoms with van der Waals surface area (Å²) < 4.78 is 1.90. The Balaban J connectivity index is 1.88. The van der Waals surface area contributed by atoms with Gasteiger partial charge in [0.1, 0.15) is 0 Å². The summed E-state index contributed by atoms with van der Waals surface area (Å²) >= 11 is 0. The molecule has 2 aromatic rings. The van der Waals surface area contributed by atoms with E-state index < -0.39 is 0 Å². The van der Waals surface area contributed by atoms with Gasteiger partial charge in [0.25, 0.3) is 0 Å². The molecular weight excluding hydrogens is 234 g/mol. The van der Waals surface area contributed by atoms with E-state index in [1.165, 1.54) is 35.2 Å². The van der Waals surface area contributed by atoms with Crippen molar-refractivity contribution in [2.45, 2.75) is 39.2 Å². The second-order valence-electron chi connectivity index (χ2n) is 5.45. The zero-order valence-electron chi connectivity index (χ0n) is 11.9. The highest BCUT2D eigenvalue weighted by molar-refractivity contribution is 5.51. The lowest BCUT2D eigenvalue weighted by Gasteiger charge is -2.15. The average molecular weight is 255 g/mol. The molecular formula is C16H21N3. The van der Waals surface area contributed by atoms with Gasteiger partial charge in [-0.3, -0.25) is 4.68 Å². The van der Waals surface area contributed by atoms with E-state index in [1.54, 1.807) is 0 Å². The first kappa shape index (κ1) is 12.3. The van der Waals surface area contributed by atoms with Crippen LogP contribution in [-0.2, 0) is 19.9 Å². The molecule has 100 valence electrons. The third-order valence-corrected chi connectivity index (χ3v) is 3.95. The first-order valence-electron chi connectivity index (χ1n) is 7.06. The molecule has 1 unspecified atom stereocenters. The van der Waals surface area contributed by atoms with Gasteiger partial charge in [0.15, 0.2) is 0 Å². The molecule has 1 heterocycles. The number of benzene rings is 1. The van der Waals surface area contributed by atoms with Gasteiger partial charge in [-0.15, -0.1) is 0 Å². The molecule has 0 spiro atoms. The maximum Gasteiger partial charge on any atom is 0.0853 e. The Morgan fingerprint density at radius 2 is 2.26 bits per heavy atom. The van der Waals surface area contributed by atoms with E-state index in [9.17, 15) is 0 Å². The fourth-order valence-electron chi connectivity index (χ4n) is 2.98. The van der Waals surface area contributed by atoms with E-state index in [0.717, 1.165) is 12.1 Å². The van der Waals surface area contributed by atoms with Crippen molar-refractivity contribution in [2.75, 3.05) is 5.32 Å². The smallest absolute Gasteiger partial charge is 0.0853 e. The van der Waals surface area contributed by atoms with E-state index >= 15 is 0 Å². The zero-order valence-corrected chi connectivity index (χ0v) is 11.9. The first-order valence-corrected chi connectivity index (χ1v) is 7.06. The summed E-state index contributed by atoms with van der Waals surface area (Å²) in [5.41, 5.74) is 6.64. The number of anilines is 1. The average Bonchev–Trinajstić information content (AvgIpc) is 2.94. The van der Waals surface area contributed by atoms with Crippen LogP contribution in [0.5, 0.6) is 0 Å². The van der Waals surface area contributed by atoms with Gasteiger partial charge >= 0.3 is 0 Å². The summed E-state index contributed by atoms with van der Waals surface area (Å²) in [4.78, 5) is 0. The normalized spacial score (nSPS) is 17.5. The summed E-state index contributed by atoms with van der Waals surface area (Å²) in [6, 6.07) is 7.24. The van der Waals surface area contributed by atoms with Crippen LogP contribution in [0.4, 0.5) is 5.69 Å². The Bertz CT molecular complexity index is 598. The minimum Gasteiger partial charge on any atom is -0.375 e. The summed E-state index contributed by atoms with van der Waals surface area (Å²) in [6.07, 6.45) is 5.41. The van der Waals surface area contributed by atoms with Crippen LogP contribution in [0, 0.1) is 6.92 Å². The maximum absolute atomic E-state index is 4.50. The highest BCUT2D eigenvalue weighted by Crippen LogP contribution is 2.35. The first-order chi connectivity index (χ1) is 9.17. The number of nitrogens with one attached hydrogen (secondary N) is 1. The molecule has 0 aliphatic heterocycles. The van der Waals surface area contributed by atoms with Gasteiger partial charge in [0.05, 0.1) is 17.4 Å². The molecule has 1 N–H and O–H groups in total. The standard InChI is InChI=1S/C16H21N3/c1-4-14-16(10-19(3)18-14)17-15-8-7-12-6-5-11(2)9-13(12)15/h5-6,9-10,15,17H,4,7-8H2,1-3H3. The Morgan fingerprint density at radius 1 is 1.42 bits per heavy atom. The van der Waals surface area contributed by atoms with Gasteiger partial charge in [-0.1, -0.05) is 30.7 Å². The molecule has 1 aromatic heterocycles. The van der Waals surface area contributed by atoms with Crippen molar-refractivity contribution < 1.29 is 0 Å². The zero-order chi connectivity index (χ0) is 13.4. The van der Waals surface area contributed by atoms with Crippen molar-refractivity contribution in [1.82, 2.24) is 9.78 Å². The second kappa shape index (κ2) is 4.72. The summed E-state index contributed by atoms with van der Waals surface area (Å²) in [7, 11) is 1.98. The number of nitrogens with zero attached hydrogens (tertiary/aromatic N) is 2. The van der Waals surface area contributed by atoms with E-state index in [2.05, 4.69) is 48.7 Å². The third-order valence-electron chi connectivity index (χ3n) is 3.95. The van der Waals surface area contributed by atoms with Crippen molar-refractivity contribution in [3.8, 4) is 0 Å². The minimum atomic E-state index is 0.435. The molecule has 0 radical (unpaired) electrons. The van der Waals surface area contributed by atoms with Crippen LogP contribution >= 0.6 is 0 Å². The molecule has 3 nitrogen and oxygen atoms in total. The molecule has 0 saturated heterocycles. The lowest BCUT2D eigenvalue weighted by atomic mass is 10.0. The molecule has 19 heavy (non-hydrogen) atoms. The van der Waals surface area contributed by atoms with E-state index in [0.29, 0.717) is 6.04 Å². The maximum atomic E-state index is 4.50. The largest absolute Gasteiger partial charge is 0.375 e. The Labute approximate surface area is 114 Å². The monoisotopic (exact) mass is 255 g/mol. The van der Waals surface area contributed by atoms with E-state index in [-0.39, 0.29) is 0 Å². The molecule has 0 fully saturated rings. The number of aryl methyl sites for hydroxylation is 4. The van der Waals surface area contributed by atoms with E-state index in [4.69, 9.17) is 0 Å². The predicted octanol–water partition coefficient (Wildman–Crippen LogP) is 3.39. The highest BCUT2D eigenvalue weighted by Gasteiger charge is 2.23. The Kier molecular flexibility index (Phi) is 3.05. The third kappa shape index (κ3) is 2.25. The molecule has 1 atom stereocenters. The lowest BCUT2D eigenvalue weighted by Crippen LogP contribution is -2.08. The van der Waals surface area contributed by atoms with E-state index in [1.807, 2.05) is 11.7 Å². The molecule has 1 aromatic carbocycles. The van der Waals surface area contributed by atoms with Crippen molar-refractivity contribution in [1.29, 1.82) is 0 Å². The van der Waals surface area contributed by atoms with Crippen molar-refractivity contribution in [2.24, 2.45) is 7.05 Å². The summed E-state index contributed by atoms with van der Waals surface area (Å²) in [5, 5.41) is 8.18. The quantitative estimate of drug-likeness (QED) is 0.911. The second-order valence-corrected chi connectivity index (χ2v) is 5.45. The van der Waals surface area contributed by atoms with Crippen LogP contribution < -0.4 is 5.32 Å². The number of aromatic nitrogens is 2. The Hall–Kier alpha value is -1.77. The van der Waals surface area contributed by atoms with Gasteiger partial charge in [-0.25, -0.2) is 0 Å². The molecule has 1 aliphatic carbocycles. The van der Waals surface area contributed by atoms with Crippen LogP contribution in [0.25, 0.3) is 0 Å². The number of hydrogen-bond donors (Lipinski definition) is 1. The Morgan fingerprint density at radius 3 is 3.05 bits per heavy atom. The number of hydrogen-bond acceptors (Lipinski definition) is 2. The van der Waals surface area contributed by atoms with Gasteiger partial charge in [-0.05, 0) is 37.3 Å². The van der Waals surface area contributed by atoms with Crippen LogP contribution in [0.3, 0.4) is 0 Å².